The molecule has 2 rings (SSSR count). The molecule has 2 aromatic carbocycles. The van der Waals surface area contributed by atoms with Crippen LogP contribution in [0.4, 0.5) is 0 Å². The summed E-state index contributed by atoms with van der Waals surface area (Å²) in [6.07, 6.45) is 0. The molecule has 7 heteroatoms. The summed E-state index contributed by atoms with van der Waals surface area (Å²) in [6.45, 7) is 3.90. The minimum atomic E-state index is -3.79. The zero-order chi connectivity index (χ0) is 17.0. The van der Waals surface area contributed by atoms with Gasteiger partial charge < -0.3 is 4.74 Å². The van der Waals surface area contributed by atoms with Crippen LogP contribution in [0.3, 0.4) is 0 Å². The summed E-state index contributed by atoms with van der Waals surface area (Å²) in [5.41, 5.74) is 0.804. The van der Waals surface area contributed by atoms with Crippen LogP contribution < -0.4 is 9.46 Å². The van der Waals surface area contributed by atoms with Crippen molar-refractivity contribution >= 4 is 33.2 Å². The van der Waals surface area contributed by atoms with Crippen molar-refractivity contribution in [2.75, 3.05) is 6.61 Å². The van der Waals surface area contributed by atoms with Gasteiger partial charge >= 0.3 is 0 Å². The molecule has 0 heterocycles. The number of sulfonamides is 1. The van der Waals surface area contributed by atoms with E-state index in [9.17, 15) is 8.42 Å². The maximum absolute atomic E-state index is 12.7. The SMILES string of the molecule is CCOc1ccc(Cl)cc1S(=O)(=O)N[C@@H](C)c1ccc(Cl)cc1. The van der Waals surface area contributed by atoms with Gasteiger partial charge in [-0.1, -0.05) is 35.3 Å². The van der Waals surface area contributed by atoms with Gasteiger partial charge in [-0.25, -0.2) is 13.1 Å². The van der Waals surface area contributed by atoms with Gasteiger partial charge in [-0.05, 0) is 49.7 Å². The Morgan fingerprint density at radius 3 is 2.30 bits per heavy atom. The third-order valence-corrected chi connectivity index (χ3v) is 5.25. The lowest BCUT2D eigenvalue weighted by Crippen LogP contribution is -2.27. The number of nitrogens with one attached hydrogen (secondary N) is 1. The van der Waals surface area contributed by atoms with Gasteiger partial charge in [-0.2, -0.15) is 0 Å². The Labute approximate surface area is 146 Å². The van der Waals surface area contributed by atoms with E-state index in [1.54, 1.807) is 50.2 Å². The van der Waals surface area contributed by atoms with Crippen LogP contribution in [0.25, 0.3) is 0 Å². The number of rotatable bonds is 6. The molecule has 0 saturated heterocycles. The van der Waals surface area contributed by atoms with E-state index in [1.165, 1.54) is 6.07 Å². The first-order valence-electron chi connectivity index (χ1n) is 7.03. The van der Waals surface area contributed by atoms with Crippen LogP contribution in [-0.4, -0.2) is 15.0 Å². The van der Waals surface area contributed by atoms with Gasteiger partial charge in [0, 0.05) is 16.1 Å². The summed E-state index contributed by atoms with van der Waals surface area (Å²) in [4.78, 5) is 0.0210. The monoisotopic (exact) mass is 373 g/mol. The number of ether oxygens (including phenoxy) is 1. The second-order valence-corrected chi connectivity index (χ2v) is 7.47. The van der Waals surface area contributed by atoms with Gasteiger partial charge in [0.25, 0.3) is 0 Å². The number of hydrogen-bond acceptors (Lipinski definition) is 3. The highest BCUT2D eigenvalue weighted by Crippen LogP contribution is 2.28. The largest absolute Gasteiger partial charge is 0.492 e. The topological polar surface area (TPSA) is 55.4 Å². The van der Waals surface area contributed by atoms with Crippen molar-refractivity contribution in [3.05, 3.63) is 58.1 Å². The maximum Gasteiger partial charge on any atom is 0.244 e. The molecule has 0 amide bonds. The highest BCUT2D eigenvalue weighted by molar-refractivity contribution is 7.89. The van der Waals surface area contributed by atoms with E-state index in [2.05, 4.69) is 4.72 Å². The summed E-state index contributed by atoms with van der Waals surface area (Å²) >= 11 is 11.8. The number of benzene rings is 2. The van der Waals surface area contributed by atoms with Crippen LogP contribution >= 0.6 is 23.2 Å². The molecule has 2 aromatic rings. The Morgan fingerprint density at radius 2 is 1.70 bits per heavy atom. The summed E-state index contributed by atoms with van der Waals surface area (Å²) in [5.74, 6) is 0.271. The smallest absolute Gasteiger partial charge is 0.244 e. The minimum Gasteiger partial charge on any atom is -0.492 e. The molecule has 1 atom stereocenters. The van der Waals surface area contributed by atoms with Crippen molar-refractivity contribution in [3.63, 3.8) is 0 Å². The predicted octanol–water partition coefficient (Wildman–Crippen LogP) is 4.43. The fraction of sp³-hybridized carbons (Fsp3) is 0.250. The molecule has 1 N–H and O–H groups in total. The van der Waals surface area contributed by atoms with E-state index < -0.39 is 16.1 Å². The van der Waals surface area contributed by atoms with E-state index in [1.807, 2.05) is 0 Å². The van der Waals surface area contributed by atoms with Gasteiger partial charge in [-0.15, -0.1) is 0 Å². The molecular weight excluding hydrogens is 357 g/mol. The molecule has 23 heavy (non-hydrogen) atoms. The van der Waals surface area contributed by atoms with Crippen molar-refractivity contribution in [2.45, 2.75) is 24.8 Å². The summed E-state index contributed by atoms with van der Waals surface area (Å²) in [7, 11) is -3.79. The van der Waals surface area contributed by atoms with Crippen molar-refractivity contribution in [2.24, 2.45) is 0 Å². The van der Waals surface area contributed by atoms with Crippen LogP contribution in [0.1, 0.15) is 25.5 Å². The van der Waals surface area contributed by atoms with Crippen LogP contribution in [0.5, 0.6) is 5.75 Å². The Morgan fingerprint density at radius 1 is 1.09 bits per heavy atom. The standard InChI is InChI=1S/C16H17Cl2NO3S/c1-3-22-15-9-8-14(18)10-16(15)23(20,21)19-11(2)12-4-6-13(17)7-5-12/h4-11,19H,3H2,1-2H3/t11-/m0/s1. The Kier molecular flexibility index (Phi) is 5.92. The fourth-order valence-electron chi connectivity index (χ4n) is 2.08. The molecule has 0 radical (unpaired) electrons. The lowest BCUT2D eigenvalue weighted by Gasteiger charge is -2.17. The Balaban J connectivity index is 2.31. The summed E-state index contributed by atoms with van der Waals surface area (Å²) in [6, 6.07) is 11.1. The number of hydrogen-bond donors (Lipinski definition) is 1. The highest BCUT2D eigenvalue weighted by atomic mass is 35.5. The minimum absolute atomic E-state index is 0.0210. The van der Waals surface area contributed by atoms with Crippen LogP contribution in [0.15, 0.2) is 47.4 Å². The normalized spacial score (nSPS) is 12.9. The second-order valence-electron chi connectivity index (χ2n) is 4.92. The molecule has 0 bridgehead atoms. The molecule has 0 spiro atoms. The average Bonchev–Trinajstić information content (AvgIpc) is 2.49. The first-order chi connectivity index (χ1) is 10.8. The molecule has 0 saturated carbocycles. The Bertz CT molecular complexity index is 776. The first-order valence-corrected chi connectivity index (χ1v) is 9.27. The van der Waals surface area contributed by atoms with Crippen LogP contribution in [0.2, 0.25) is 10.0 Å². The first kappa shape index (κ1) is 18.1. The van der Waals surface area contributed by atoms with Crippen molar-refractivity contribution in [1.29, 1.82) is 0 Å². The van der Waals surface area contributed by atoms with Gasteiger partial charge in [0.2, 0.25) is 10.0 Å². The van der Waals surface area contributed by atoms with Gasteiger partial charge in [0.05, 0.1) is 6.61 Å². The molecule has 4 nitrogen and oxygen atoms in total. The Hall–Kier alpha value is -1.27. The van der Waals surface area contributed by atoms with Gasteiger partial charge in [-0.3, -0.25) is 0 Å². The van der Waals surface area contributed by atoms with Crippen molar-refractivity contribution in [3.8, 4) is 5.75 Å². The third kappa shape index (κ3) is 4.61. The summed E-state index contributed by atoms with van der Waals surface area (Å²) < 4.78 is 33.3. The highest BCUT2D eigenvalue weighted by Gasteiger charge is 2.23. The van der Waals surface area contributed by atoms with Crippen molar-refractivity contribution < 1.29 is 13.2 Å². The molecule has 0 fully saturated rings. The fourth-order valence-corrected chi connectivity index (χ4v) is 3.85. The summed E-state index contributed by atoms with van der Waals surface area (Å²) in [5, 5.41) is 0.922. The van der Waals surface area contributed by atoms with Gasteiger partial charge in [0.1, 0.15) is 10.6 Å². The van der Waals surface area contributed by atoms with E-state index >= 15 is 0 Å². The van der Waals surface area contributed by atoms with E-state index in [4.69, 9.17) is 27.9 Å². The average molecular weight is 374 g/mol. The lowest BCUT2D eigenvalue weighted by molar-refractivity contribution is 0.331. The van der Waals surface area contributed by atoms with E-state index in [0.29, 0.717) is 16.7 Å². The van der Waals surface area contributed by atoms with E-state index in [0.717, 1.165) is 5.56 Å². The van der Waals surface area contributed by atoms with Crippen LogP contribution in [-0.2, 0) is 10.0 Å². The molecule has 0 aliphatic heterocycles. The molecule has 0 aliphatic carbocycles. The predicted molar refractivity (Wildman–Crippen MR) is 92.8 cm³/mol. The van der Waals surface area contributed by atoms with Gasteiger partial charge in [0.15, 0.2) is 0 Å². The lowest BCUT2D eigenvalue weighted by atomic mass is 10.1. The zero-order valence-corrected chi connectivity index (χ0v) is 15.0. The van der Waals surface area contributed by atoms with Crippen molar-refractivity contribution in [1.82, 2.24) is 4.72 Å². The van der Waals surface area contributed by atoms with Crippen LogP contribution in [0, 0.1) is 0 Å². The zero-order valence-electron chi connectivity index (χ0n) is 12.7. The quantitative estimate of drug-likeness (QED) is 0.814. The molecular formula is C16H17Cl2NO3S. The molecule has 0 unspecified atom stereocenters. The molecule has 124 valence electrons. The second kappa shape index (κ2) is 7.53. The molecule has 0 aliphatic rings. The molecule has 0 aromatic heterocycles. The van der Waals surface area contributed by atoms with E-state index in [-0.39, 0.29) is 10.6 Å². The third-order valence-electron chi connectivity index (χ3n) is 3.20. The maximum atomic E-state index is 12.7. The number of halogens is 2.